The van der Waals surface area contributed by atoms with Gasteiger partial charge in [0.2, 0.25) is 5.89 Å². The van der Waals surface area contributed by atoms with Crippen LogP contribution in [0.25, 0.3) is 11.5 Å². The van der Waals surface area contributed by atoms with Crippen molar-refractivity contribution in [3.8, 4) is 23.4 Å². The SMILES string of the molecule is N#CN1C[C@H](NC(=O)c2nnc(-c3cc(OC(F)(F)F)ccc3C3CC3)o2)C[C@H]1Cn1cnnc1. The number of likely N-dealkylation sites (tertiary alicyclic amines) is 1. The van der Waals surface area contributed by atoms with Crippen LogP contribution in [-0.2, 0) is 6.54 Å². The lowest BCUT2D eigenvalue weighted by atomic mass is 10.0. The molecule has 3 heterocycles. The van der Waals surface area contributed by atoms with E-state index in [0.29, 0.717) is 25.1 Å². The van der Waals surface area contributed by atoms with Crippen molar-refractivity contribution in [1.29, 1.82) is 5.26 Å². The van der Waals surface area contributed by atoms with Crippen LogP contribution in [0.4, 0.5) is 13.2 Å². The molecule has 0 spiro atoms. The number of hydrogen-bond acceptors (Lipinski definition) is 9. The lowest BCUT2D eigenvalue weighted by Crippen LogP contribution is -2.36. The van der Waals surface area contributed by atoms with Gasteiger partial charge in [0.05, 0.1) is 6.04 Å². The minimum absolute atomic E-state index is 0.0692. The minimum atomic E-state index is -4.84. The van der Waals surface area contributed by atoms with E-state index in [2.05, 4.69) is 36.6 Å². The molecule has 2 aromatic heterocycles. The number of halogens is 3. The van der Waals surface area contributed by atoms with Crippen molar-refractivity contribution in [2.75, 3.05) is 6.54 Å². The number of alkyl halides is 3. The molecule has 1 aliphatic heterocycles. The number of rotatable bonds is 7. The second-order valence-corrected chi connectivity index (χ2v) is 8.45. The predicted octanol–water partition coefficient (Wildman–Crippen LogP) is 2.46. The first-order valence-corrected chi connectivity index (χ1v) is 10.8. The molecule has 0 radical (unpaired) electrons. The molecule has 3 aromatic rings. The molecule has 1 N–H and O–H groups in total. The molecule has 2 atom stereocenters. The fraction of sp³-hybridized carbons (Fsp3) is 0.429. The molecular formula is C21H19F3N8O3. The van der Waals surface area contributed by atoms with E-state index < -0.39 is 18.0 Å². The van der Waals surface area contributed by atoms with E-state index in [0.717, 1.165) is 18.4 Å². The van der Waals surface area contributed by atoms with Crippen LogP contribution in [0.1, 0.15) is 41.4 Å². The molecule has 5 rings (SSSR count). The van der Waals surface area contributed by atoms with Crippen LogP contribution in [-0.4, -0.2) is 60.8 Å². The van der Waals surface area contributed by atoms with Crippen LogP contribution in [0.3, 0.4) is 0 Å². The third kappa shape index (κ3) is 5.18. The number of nitrogens with one attached hydrogen (secondary N) is 1. The van der Waals surface area contributed by atoms with E-state index in [9.17, 15) is 23.2 Å². The van der Waals surface area contributed by atoms with Gasteiger partial charge in [-0.05, 0) is 42.9 Å². The number of nitrogens with zero attached hydrogens (tertiary/aromatic N) is 7. The highest BCUT2D eigenvalue weighted by atomic mass is 19.4. The monoisotopic (exact) mass is 488 g/mol. The quantitative estimate of drug-likeness (QED) is 0.498. The molecule has 2 aliphatic rings. The first kappa shape index (κ1) is 22.6. The number of amides is 1. The molecule has 0 bridgehead atoms. The largest absolute Gasteiger partial charge is 0.573 e. The molecular weight excluding hydrogens is 469 g/mol. The van der Waals surface area contributed by atoms with E-state index >= 15 is 0 Å². The fourth-order valence-electron chi connectivity index (χ4n) is 4.22. The zero-order valence-corrected chi connectivity index (χ0v) is 18.1. The zero-order valence-electron chi connectivity index (χ0n) is 18.1. The summed E-state index contributed by atoms with van der Waals surface area (Å²) in [7, 11) is 0. The van der Waals surface area contributed by atoms with Crippen molar-refractivity contribution < 1.29 is 27.1 Å². The molecule has 35 heavy (non-hydrogen) atoms. The second-order valence-electron chi connectivity index (χ2n) is 8.45. The van der Waals surface area contributed by atoms with Crippen molar-refractivity contribution in [1.82, 2.24) is 35.2 Å². The van der Waals surface area contributed by atoms with Gasteiger partial charge in [-0.3, -0.25) is 4.79 Å². The summed E-state index contributed by atoms with van der Waals surface area (Å²) in [6.45, 7) is 0.788. The number of benzene rings is 1. The van der Waals surface area contributed by atoms with Gasteiger partial charge in [-0.2, -0.15) is 5.26 Å². The lowest BCUT2D eigenvalue weighted by Gasteiger charge is -2.17. The van der Waals surface area contributed by atoms with Crippen LogP contribution in [0.15, 0.2) is 35.3 Å². The van der Waals surface area contributed by atoms with Crippen LogP contribution in [0.2, 0.25) is 0 Å². The van der Waals surface area contributed by atoms with Gasteiger partial charge in [0.15, 0.2) is 6.19 Å². The molecule has 1 saturated carbocycles. The van der Waals surface area contributed by atoms with Gasteiger partial charge in [-0.25, -0.2) is 0 Å². The number of aromatic nitrogens is 5. The topological polar surface area (TPSA) is 135 Å². The number of nitriles is 1. The van der Waals surface area contributed by atoms with Crippen molar-refractivity contribution in [3.05, 3.63) is 42.3 Å². The standard InChI is InChI=1S/C21H19F3N8O3/c22-21(23,24)35-15-3-4-16(12-1-2-12)17(6-15)19-29-30-20(34-19)18(33)28-13-5-14(32(7-13)9-25)8-31-10-26-27-11-31/h3-4,6,10-14H,1-2,5,7-8H2,(H,28,33)/t13-,14+/m1/s1. The summed E-state index contributed by atoms with van der Waals surface area (Å²) in [5.41, 5.74) is 1.05. The molecule has 11 nitrogen and oxygen atoms in total. The Morgan fingerprint density at radius 3 is 2.71 bits per heavy atom. The Morgan fingerprint density at radius 2 is 2.03 bits per heavy atom. The average Bonchev–Trinajstić information content (AvgIpc) is 3.18. The molecule has 2 fully saturated rings. The summed E-state index contributed by atoms with van der Waals surface area (Å²) in [5, 5.41) is 27.4. The Balaban J connectivity index is 1.29. The minimum Gasteiger partial charge on any atom is -0.412 e. The number of carbonyl (C=O) groups excluding carboxylic acids is 1. The molecule has 1 aliphatic carbocycles. The summed E-state index contributed by atoms with van der Waals surface area (Å²) in [6.07, 6.45) is 2.66. The fourth-order valence-corrected chi connectivity index (χ4v) is 4.22. The Bertz CT molecular complexity index is 1250. The van der Waals surface area contributed by atoms with E-state index in [4.69, 9.17) is 4.42 Å². The third-order valence-corrected chi connectivity index (χ3v) is 5.89. The van der Waals surface area contributed by atoms with Crippen molar-refractivity contribution in [3.63, 3.8) is 0 Å². The molecule has 0 unspecified atom stereocenters. The molecule has 14 heteroatoms. The normalized spacial score (nSPS) is 20.0. The number of carbonyl (C=O) groups is 1. The van der Waals surface area contributed by atoms with Gasteiger partial charge in [0, 0.05) is 24.7 Å². The van der Waals surface area contributed by atoms with Crippen molar-refractivity contribution in [2.45, 2.75) is 50.2 Å². The van der Waals surface area contributed by atoms with Crippen molar-refractivity contribution >= 4 is 5.91 Å². The Morgan fingerprint density at radius 1 is 1.26 bits per heavy atom. The van der Waals surface area contributed by atoms with Gasteiger partial charge in [0.1, 0.15) is 18.4 Å². The van der Waals surface area contributed by atoms with E-state index in [1.54, 1.807) is 28.2 Å². The van der Waals surface area contributed by atoms with E-state index in [-0.39, 0.29) is 29.8 Å². The van der Waals surface area contributed by atoms with E-state index in [1.165, 1.54) is 12.1 Å². The lowest BCUT2D eigenvalue weighted by molar-refractivity contribution is -0.274. The van der Waals surface area contributed by atoms with Crippen LogP contribution in [0.5, 0.6) is 5.75 Å². The zero-order chi connectivity index (χ0) is 24.6. The van der Waals surface area contributed by atoms with Gasteiger partial charge in [-0.15, -0.1) is 33.6 Å². The summed E-state index contributed by atoms with van der Waals surface area (Å²) < 4.78 is 49.3. The number of ether oxygens (including phenoxy) is 1. The Kier molecular flexibility index (Phi) is 5.75. The summed E-state index contributed by atoms with van der Waals surface area (Å²) in [6, 6.07) is 3.48. The maximum Gasteiger partial charge on any atom is 0.573 e. The maximum atomic E-state index is 12.7. The first-order chi connectivity index (χ1) is 16.8. The number of hydrogen-bond donors (Lipinski definition) is 1. The third-order valence-electron chi connectivity index (χ3n) is 5.89. The molecule has 182 valence electrons. The summed E-state index contributed by atoms with van der Waals surface area (Å²) >= 11 is 0. The Labute approximate surface area is 196 Å². The summed E-state index contributed by atoms with van der Waals surface area (Å²) in [5.74, 6) is -1.27. The Hall–Kier alpha value is -4.15. The molecule has 1 saturated heterocycles. The van der Waals surface area contributed by atoms with Gasteiger partial charge < -0.3 is 23.9 Å². The van der Waals surface area contributed by atoms with Crippen LogP contribution in [0, 0.1) is 11.5 Å². The smallest absolute Gasteiger partial charge is 0.412 e. The highest BCUT2D eigenvalue weighted by Crippen LogP contribution is 2.45. The van der Waals surface area contributed by atoms with E-state index in [1.807, 2.05) is 0 Å². The molecule has 1 aromatic carbocycles. The van der Waals surface area contributed by atoms with Crippen molar-refractivity contribution in [2.24, 2.45) is 0 Å². The van der Waals surface area contributed by atoms with Crippen LogP contribution < -0.4 is 10.1 Å². The first-order valence-electron chi connectivity index (χ1n) is 10.8. The van der Waals surface area contributed by atoms with Gasteiger partial charge >= 0.3 is 18.2 Å². The predicted molar refractivity (Wildman–Crippen MR) is 110 cm³/mol. The highest BCUT2D eigenvalue weighted by molar-refractivity contribution is 5.90. The van der Waals surface area contributed by atoms with Gasteiger partial charge in [0.25, 0.3) is 0 Å². The summed E-state index contributed by atoms with van der Waals surface area (Å²) in [4.78, 5) is 14.3. The van der Waals surface area contributed by atoms with Gasteiger partial charge in [-0.1, -0.05) is 6.07 Å². The second kappa shape index (κ2) is 8.90. The maximum absolute atomic E-state index is 12.7. The van der Waals surface area contributed by atoms with Crippen LogP contribution >= 0.6 is 0 Å². The highest BCUT2D eigenvalue weighted by Gasteiger charge is 2.35. The molecule has 1 amide bonds. The average molecular weight is 488 g/mol.